The lowest BCUT2D eigenvalue weighted by Gasteiger charge is -1.90. The van der Waals surface area contributed by atoms with Crippen LogP contribution >= 0.6 is 0 Å². The first-order valence-corrected chi connectivity index (χ1v) is 2.53. The zero-order chi connectivity index (χ0) is 6.28. The van der Waals surface area contributed by atoms with Crippen LogP contribution in [0.2, 0.25) is 0 Å². The predicted molar refractivity (Wildman–Crippen MR) is 32.1 cm³/mol. The Hall–Kier alpha value is -0.0800. The second-order valence-corrected chi connectivity index (χ2v) is 1.26. The largest absolute Gasteiger partial charge is 0.393 e. The number of hydrogen-bond acceptors (Lipinski definition) is 2. The summed E-state index contributed by atoms with van der Waals surface area (Å²) in [6, 6.07) is 0. The zero-order valence-electron chi connectivity index (χ0n) is 5.31. The van der Waals surface area contributed by atoms with Crippen LogP contribution in [0.15, 0.2) is 0 Å². The average Bonchev–Trinajstić information content (AvgIpc) is 1.73. The molecule has 0 heterocycles. The topological polar surface area (TPSA) is 46.2 Å². The summed E-state index contributed by atoms with van der Waals surface area (Å²) in [6.07, 6.45) is 0.745. The maximum atomic E-state index is 8.36. The first-order chi connectivity index (χ1) is 3.27. The van der Waals surface area contributed by atoms with Crippen LogP contribution in [0.1, 0.15) is 20.3 Å². The third-order valence-corrected chi connectivity index (χ3v) is 0.591. The van der Waals surface area contributed by atoms with E-state index in [1.54, 1.807) is 6.92 Å². The molecule has 2 heteroatoms. The van der Waals surface area contributed by atoms with Gasteiger partial charge < -0.3 is 10.8 Å². The van der Waals surface area contributed by atoms with E-state index >= 15 is 0 Å². The van der Waals surface area contributed by atoms with E-state index in [9.17, 15) is 0 Å². The van der Waals surface area contributed by atoms with Crippen LogP contribution in [0.25, 0.3) is 0 Å². The number of aliphatic hydroxyl groups is 1. The van der Waals surface area contributed by atoms with Crippen LogP contribution < -0.4 is 5.73 Å². The average molecular weight is 105 g/mol. The summed E-state index contributed by atoms with van der Waals surface area (Å²) in [7, 11) is 1.50. The van der Waals surface area contributed by atoms with Crippen LogP contribution in [-0.2, 0) is 0 Å². The van der Waals surface area contributed by atoms with E-state index in [2.05, 4.69) is 5.73 Å². The Morgan fingerprint density at radius 1 is 1.57 bits per heavy atom. The van der Waals surface area contributed by atoms with Crippen molar-refractivity contribution in [1.29, 1.82) is 0 Å². The zero-order valence-corrected chi connectivity index (χ0v) is 5.31. The molecule has 0 aromatic heterocycles. The Bertz CT molecular complexity index is 22.0. The molecule has 0 aliphatic heterocycles. The van der Waals surface area contributed by atoms with Crippen molar-refractivity contribution in [1.82, 2.24) is 0 Å². The Balaban J connectivity index is 0. The minimum absolute atomic E-state index is 0.116. The lowest BCUT2D eigenvalue weighted by molar-refractivity contribution is 0.191. The van der Waals surface area contributed by atoms with Gasteiger partial charge in [0.05, 0.1) is 6.10 Å². The summed E-state index contributed by atoms with van der Waals surface area (Å²) in [5.41, 5.74) is 4.50. The molecule has 0 aromatic carbocycles. The summed E-state index contributed by atoms with van der Waals surface area (Å²) >= 11 is 0. The van der Waals surface area contributed by atoms with E-state index in [4.69, 9.17) is 5.11 Å². The highest BCUT2D eigenvalue weighted by molar-refractivity contribution is 4.34. The van der Waals surface area contributed by atoms with Gasteiger partial charge in [-0.2, -0.15) is 0 Å². The van der Waals surface area contributed by atoms with Crippen molar-refractivity contribution in [2.24, 2.45) is 5.73 Å². The second-order valence-electron chi connectivity index (χ2n) is 1.26. The lowest BCUT2D eigenvalue weighted by atomic mass is 10.3. The number of aliphatic hydroxyl groups excluding tert-OH is 1. The maximum absolute atomic E-state index is 8.36. The molecule has 0 aliphatic carbocycles. The van der Waals surface area contributed by atoms with Crippen molar-refractivity contribution < 1.29 is 5.11 Å². The molecule has 2 nitrogen and oxygen atoms in total. The van der Waals surface area contributed by atoms with Gasteiger partial charge in [-0.1, -0.05) is 6.92 Å². The van der Waals surface area contributed by atoms with Gasteiger partial charge in [0.15, 0.2) is 0 Å². The number of nitrogens with two attached hydrogens (primary N) is 1. The molecule has 0 bridgehead atoms. The fraction of sp³-hybridized carbons (Fsp3) is 1.00. The molecular weight excluding hydrogens is 90.1 g/mol. The van der Waals surface area contributed by atoms with E-state index in [0.29, 0.717) is 0 Å². The fourth-order valence-corrected chi connectivity index (χ4v) is 0. The maximum Gasteiger partial charge on any atom is 0.0509 e. The van der Waals surface area contributed by atoms with Gasteiger partial charge in [-0.05, 0) is 20.4 Å². The Morgan fingerprint density at radius 2 is 1.71 bits per heavy atom. The predicted octanol–water partition coefficient (Wildman–Crippen LogP) is 0.352. The van der Waals surface area contributed by atoms with Crippen LogP contribution in [0, 0.1) is 0 Å². The highest BCUT2D eigenvalue weighted by atomic mass is 16.3. The van der Waals surface area contributed by atoms with E-state index in [1.807, 2.05) is 6.92 Å². The van der Waals surface area contributed by atoms with Gasteiger partial charge in [0.1, 0.15) is 0 Å². The van der Waals surface area contributed by atoms with Gasteiger partial charge in [0.2, 0.25) is 0 Å². The summed E-state index contributed by atoms with van der Waals surface area (Å²) in [6.45, 7) is 3.73. The Morgan fingerprint density at radius 3 is 1.71 bits per heavy atom. The van der Waals surface area contributed by atoms with Gasteiger partial charge in [-0.25, -0.2) is 0 Å². The third-order valence-electron chi connectivity index (χ3n) is 0.591. The first kappa shape index (κ1) is 10.0. The van der Waals surface area contributed by atoms with Crippen molar-refractivity contribution >= 4 is 0 Å². The second kappa shape index (κ2) is 9.33. The fourth-order valence-electron chi connectivity index (χ4n) is 0. The van der Waals surface area contributed by atoms with Gasteiger partial charge in [-0.15, -0.1) is 0 Å². The van der Waals surface area contributed by atoms with Crippen molar-refractivity contribution in [3.63, 3.8) is 0 Å². The van der Waals surface area contributed by atoms with Crippen LogP contribution in [0.4, 0.5) is 0 Å². The molecule has 0 aromatic rings. The summed E-state index contributed by atoms with van der Waals surface area (Å²) in [4.78, 5) is 0. The summed E-state index contributed by atoms with van der Waals surface area (Å²) in [5, 5.41) is 8.36. The van der Waals surface area contributed by atoms with E-state index in [1.165, 1.54) is 7.05 Å². The molecule has 7 heavy (non-hydrogen) atoms. The van der Waals surface area contributed by atoms with Crippen LogP contribution in [0.5, 0.6) is 0 Å². The first-order valence-electron chi connectivity index (χ1n) is 2.53. The molecule has 0 amide bonds. The molecule has 0 radical (unpaired) electrons. The summed E-state index contributed by atoms with van der Waals surface area (Å²) in [5.74, 6) is 0. The Kier molecular flexibility index (Phi) is 13.3. The molecule has 0 saturated carbocycles. The van der Waals surface area contributed by atoms with Crippen molar-refractivity contribution in [3.05, 3.63) is 0 Å². The minimum Gasteiger partial charge on any atom is -0.393 e. The lowest BCUT2D eigenvalue weighted by Crippen LogP contribution is -1.93. The van der Waals surface area contributed by atoms with Gasteiger partial charge in [0.25, 0.3) is 0 Å². The van der Waals surface area contributed by atoms with Crippen LogP contribution in [0.3, 0.4) is 0 Å². The smallest absolute Gasteiger partial charge is 0.0509 e. The molecule has 0 fully saturated rings. The quantitative estimate of drug-likeness (QED) is 0.505. The number of rotatable bonds is 1. The van der Waals surface area contributed by atoms with Crippen molar-refractivity contribution in [2.45, 2.75) is 26.4 Å². The normalized spacial score (nSPS) is 11.6. The molecular formula is C5H15NO. The molecule has 0 spiro atoms. The molecule has 1 unspecified atom stereocenters. The molecule has 3 N–H and O–H groups in total. The van der Waals surface area contributed by atoms with E-state index in [-0.39, 0.29) is 6.10 Å². The Labute approximate surface area is 45.3 Å². The summed E-state index contributed by atoms with van der Waals surface area (Å²) < 4.78 is 0. The van der Waals surface area contributed by atoms with Gasteiger partial charge >= 0.3 is 0 Å². The molecule has 0 saturated heterocycles. The standard InChI is InChI=1S/C4H10O.CH5N/c1-3-4(2)5;1-2/h4-5H,3H2,1-2H3;2H2,1H3. The highest BCUT2D eigenvalue weighted by Gasteiger charge is 1.81. The molecule has 0 aliphatic rings. The van der Waals surface area contributed by atoms with E-state index in [0.717, 1.165) is 6.42 Å². The van der Waals surface area contributed by atoms with Crippen molar-refractivity contribution in [2.75, 3.05) is 7.05 Å². The van der Waals surface area contributed by atoms with Gasteiger partial charge in [0, 0.05) is 0 Å². The SMILES string of the molecule is CCC(C)O.CN. The monoisotopic (exact) mass is 105 g/mol. The van der Waals surface area contributed by atoms with Crippen molar-refractivity contribution in [3.8, 4) is 0 Å². The minimum atomic E-state index is -0.116. The highest BCUT2D eigenvalue weighted by Crippen LogP contribution is 1.81. The molecule has 0 rings (SSSR count). The number of hydrogen-bond donors (Lipinski definition) is 2. The molecule has 46 valence electrons. The van der Waals surface area contributed by atoms with Gasteiger partial charge in [-0.3, -0.25) is 0 Å². The van der Waals surface area contributed by atoms with Crippen LogP contribution in [-0.4, -0.2) is 18.3 Å². The molecule has 1 atom stereocenters. The third kappa shape index (κ3) is 24.7. The van der Waals surface area contributed by atoms with E-state index < -0.39 is 0 Å².